The summed E-state index contributed by atoms with van der Waals surface area (Å²) in [6, 6.07) is 4.04. The lowest BCUT2D eigenvalue weighted by molar-refractivity contribution is 0.201. The number of hydrogen-bond acceptors (Lipinski definition) is 4. The van der Waals surface area contributed by atoms with Crippen molar-refractivity contribution in [2.75, 3.05) is 18.8 Å². The molecule has 0 amide bonds. The summed E-state index contributed by atoms with van der Waals surface area (Å²) in [5.74, 6) is 2.92. The van der Waals surface area contributed by atoms with E-state index in [9.17, 15) is 0 Å². The van der Waals surface area contributed by atoms with Gasteiger partial charge in [-0.1, -0.05) is 0 Å². The van der Waals surface area contributed by atoms with Crippen molar-refractivity contribution in [3.8, 4) is 5.88 Å². The molecule has 0 bridgehead atoms. The van der Waals surface area contributed by atoms with Crippen LogP contribution >= 0.6 is 35.7 Å². The number of guanidine groups is 1. The van der Waals surface area contributed by atoms with Crippen LogP contribution in [0.1, 0.15) is 51.0 Å². The quantitative estimate of drug-likeness (QED) is 0.344. The van der Waals surface area contributed by atoms with Gasteiger partial charge in [0.25, 0.3) is 0 Å². The van der Waals surface area contributed by atoms with Gasteiger partial charge in [-0.2, -0.15) is 11.8 Å². The Morgan fingerprint density at radius 2 is 2.12 bits per heavy atom. The molecule has 1 aliphatic heterocycles. The minimum atomic E-state index is 0. The fourth-order valence-corrected chi connectivity index (χ4v) is 4.52. The smallest absolute Gasteiger partial charge is 0.213 e. The molecule has 0 radical (unpaired) electrons. The van der Waals surface area contributed by atoms with Gasteiger partial charge < -0.3 is 15.4 Å². The molecular weight excluding hydrogens is 459 g/mol. The van der Waals surface area contributed by atoms with E-state index in [1.807, 2.05) is 18.3 Å². The number of nitrogens with one attached hydrogen (secondary N) is 2. The average Bonchev–Trinajstić information content (AvgIpc) is 3.31. The Labute approximate surface area is 178 Å². The molecule has 1 saturated heterocycles. The number of halogens is 1. The third kappa shape index (κ3) is 7.13. The first-order valence-electron chi connectivity index (χ1n) is 9.59. The zero-order valence-electron chi connectivity index (χ0n) is 15.6. The Balaban J connectivity index is 0.00000243. The highest BCUT2D eigenvalue weighted by Gasteiger charge is 2.17. The Morgan fingerprint density at radius 1 is 1.27 bits per heavy atom. The van der Waals surface area contributed by atoms with Crippen molar-refractivity contribution in [1.29, 1.82) is 0 Å². The molecule has 5 nitrogen and oxygen atoms in total. The van der Waals surface area contributed by atoms with E-state index in [2.05, 4.69) is 34.3 Å². The minimum Gasteiger partial charge on any atom is -0.474 e. The maximum Gasteiger partial charge on any atom is 0.213 e. The standard InChI is InChI=1S/C19H30N4OS.HI/c1-2-20-19(23-14-17-8-5-11-25-17)22-13-15-9-10-21-18(12-15)24-16-6-3-4-7-16;/h9-10,12,16-17H,2-8,11,13-14H2,1H3,(H2,20,22,23);1H. The molecule has 26 heavy (non-hydrogen) atoms. The third-order valence-corrected chi connectivity index (χ3v) is 6.07. The summed E-state index contributed by atoms with van der Waals surface area (Å²) in [6.07, 6.45) is 9.65. The van der Waals surface area contributed by atoms with Gasteiger partial charge in [-0.15, -0.1) is 24.0 Å². The monoisotopic (exact) mass is 490 g/mol. The zero-order chi connectivity index (χ0) is 17.3. The maximum absolute atomic E-state index is 5.99. The number of hydrogen-bond donors (Lipinski definition) is 2. The van der Waals surface area contributed by atoms with Gasteiger partial charge >= 0.3 is 0 Å². The van der Waals surface area contributed by atoms with Gasteiger partial charge in [-0.25, -0.2) is 9.98 Å². The van der Waals surface area contributed by atoms with Crippen molar-refractivity contribution < 1.29 is 4.74 Å². The van der Waals surface area contributed by atoms with E-state index in [0.29, 0.717) is 12.6 Å². The molecule has 1 atom stereocenters. The summed E-state index contributed by atoms with van der Waals surface area (Å²) in [7, 11) is 0. The number of nitrogens with zero attached hydrogens (tertiary/aromatic N) is 2. The van der Waals surface area contributed by atoms with Crippen LogP contribution in [0, 0.1) is 0 Å². The first kappa shape index (κ1) is 21.6. The normalized spacial score (nSPS) is 20.7. The fourth-order valence-electron chi connectivity index (χ4n) is 3.32. The van der Waals surface area contributed by atoms with Crippen LogP contribution < -0.4 is 15.4 Å². The molecule has 0 spiro atoms. The van der Waals surface area contributed by atoms with Gasteiger partial charge in [-0.3, -0.25) is 0 Å². The van der Waals surface area contributed by atoms with Crippen LogP contribution in [0.4, 0.5) is 0 Å². The molecule has 1 saturated carbocycles. The van der Waals surface area contributed by atoms with E-state index >= 15 is 0 Å². The van der Waals surface area contributed by atoms with Gasteiger partial charge in [0, 0.05) is 30.6 Å². The number of rotatable bonds is 7. The second-order valence-electron chi connectivity index (χ2n) is 6.74. The largest absolute Gasteiger partial charge is 0.474 e. The third-order valence-electron chi connectivity index (χ3n) is 4.67. The predicted octanol–water partition coefficient (Wildman–Crippen LogP) is 3.97. The average molecular weight is 490 g/mol. The van der Waals surface area contributed by atoms with Crippen LogP contribution in [0.5, 0.6) is 5.88 Å². The van der Waals surface area contributed by atoms with Crippen LogP contribution in [0.3, 0.4) is 0 Å². The van der Waals surface area contributed by atoms with E-state index in [-0.39, 0.29) is 24.0 Å². The summed E-state index contributed by atoms with van der Waals surface area (Å²) in [5, 5.41) is 7.53. The topological polar surface area (TPSA) is 58.5 Å². The Kier molecular flexibility index (Phi) is 9.88. The van der Waals surface area contributed by atoms with E-state index in [1.165, 1.54) is 31.4 Å². The number of ether oxygens (including phenoxy) is 1. The summed E-state index contributed by atoms with van der Waals surface area (Å²) in [4.78, 5) is 9.07. The SMILES string of the molecule is CCNC(=NCc1ccnc(OC2CCCC2)c1)NCC1CCCS1.I. The summed E-state index contributed by atoms with van der Waals surface area (Å²) < 4.78 is 5.99. The lowest BCUT2D eigenvalue weighted by atomic mass is 10.2. The molecular formula is C19H31IN4OS. The summed E-state index contributed by atoms with van der Waals surface area (Å²) in [6.45, 7) is 4.59. The first-order valence-corrected chi connectivity index (χ1v) is 10.6. The van der Waals surface area contributed by atoms with Crippen LogP contribution in [0.15, 0.2) is 23.3 Å². The van der Waals surface area contributed by atoms with Gasteiger partial charge in [0.2, 0.25) is 5.88 Å². The van der Waals surface area contributed by atoms with Gasteiger partial charge in [0.15, 0.2) is 5.96 Å². The van der Waals surface area contributed by atoms with Crippen molar-refractivity contribution in [1.82, 2.24) is 15.6 Å². The molecule has 146 valence electrons. The van der Waals surface area contributed by atoms with Gasteiger partial charge in [0.1, 0.15) is 6.10 Å². The predicted molar refractivity (Wildman–Crippen MR) is 121 cm³/mol. The molecule has 1 aliphatic carbocycles. The molecule has 1 aromatic rings. The second kappa shape index (κ2) is 11.9. The Hall–Kier alpha value is -0.700. The molecule has 7 heteroatoms. The van der Waals surface area contributed by atoms with Crippen molar-refractivity contribution >= 4 is 41.7 Å². The number of aromatic nitrogens is 1. The molecule has 1 unspecified atom stereocenters. The van der Waals surface area contributed by atoms with Crippen LogP contribution in [-0.4, -0.2) is 41.1 Å². The molecule has 3 rings (SSSR count). The fraction of sp³-hybridized carbons (Fsp3) is 0.684. The lowest BCUT2D eigenvalue weighted by Crippen LogP contribution is -2.40. The number of pyridine rings is 1. The molecule has 2 N–H and O–H groups in total. The van der Waals surface area contributed by atoms with Gasteiger partial charge in [0.05, 0.1) is 6.54 Å². The Bertz CT molecular complexity index is 560. The summed E-state index contributed by atoms with van der Waals surface area (Å²) in [5.41, 5.74) is 1.13. The van der Waals surface area contributed by atoms with Crippen LogP contribution in [0.25, 0.3) is 0 Å². The number of aliphatic imine (C=N–C) groups is 1. The highest BCUT2D eigenvalue weighted by molar-refractivity contribution is 14.0. The van der Waals surface area contributed by atoms with Crippen LogP contribution in [-0.2, 0) is 6.54 Å². The Morgan fingerprint density at radius 3 is 2.85 bits per heavy atom. The molecule has 2 aliphatic rings. The van der Waals surface area contributed by atoms with E-state index in [1.54, 1.807) is 0 Å². The highest BCUT2D eigenvalue weighted by atomic mass is 127. The molecule has 1 aromatic heterocycles. The zero-order valence-corrected chi connectivity index (χ0v) is 18.7. The highest BCUT2D eigenvalue weighted by Crippen LogP contribution is 2.25. The molecule has 2 fully saturated rings. The summed E-state index contributed by atoms with van der Waals surface area (Å²) >= 11 is 2.06. The van der Waals surface area contributed by atoms with Crippen molar-refractivity contribution in [3.63, 3.8) is 0 Å². The molecule has 0 aromatic carbocycles. The van der Waals surface area contributed by atoms with E-state index in [0.717, 1.165) is 48.6 Å². The van der Waals surface area contributed by atoms with E-state index in [4.69, 9.17) is 9.73 Å². The van der Waals surface area contributed by atoms with Crippen molar-refractivity contribution in [2.24, 2.45) is 4.99 Å². The van der Waals surface area contributed by atoms with E-state index < -0.39 is 0 Å². The minimum absolute atomic E-state index is 0. The first-order chi connectivity index (χ1) is 12.3. The number of thioether (sulfide) groups is 1. The lowest BCUT2D eigenvalue weighted by Gasteiger charge is -2.15. The maximum atomic E-state index is 5.99. The second-order valence-corrected chi connectivity index (χ2v) is 8.15. The van der Waals surface area contributed by atoms with Gasteiger partial charge in [-0.05, 0) is 62.8 Å². The molecule has 2 heterocycles. The van der Waals surface area contributed by atoms with Crippen LogP contribution in [0.2, 0.25) is 0 Å². The van der Waals surface area contributed by atoms with Crippen molar-refractivity contribution in [2.45, 2.75) is 63.3 Å². The van der Waals surface area contributed by atoms with Crippen molar-refractivity contribution in [3.05, 3.63) is 23.9 Å².